The van der Waals surface area contributed by atoms with Gasteiger partial charge in [-0.3, -0.25) is 9.59 Å². The number of nitrogens with zero attached hydrogens (tertiary/aromatic N) is 2. The highest BCUT2D eigenvalue weighted by Crippen LogP contribution is 2.25. The molecule has 0 bridgehead atoms. The molecule has 1 unspecified atom stereocenters. The molecule has 0 spiro atoms. The quantitative estimate of drug-likeness (QED) is 0.753. The van der Waals surface area contributed by atoms with Crippen LogP contribution in [0.2, 0.25) is 5.02 Å². The summed E-state index contributed by atoms with van der Waals surface area (Å²) in [6.45, 7) is 0.843. The van der Waals surface area contributed by atoms with E-state index in [1.54, 1.807) is 7.05 Å². The number of amides is 1. The van der Waals surface area contributed by atoms with E-state index in [0.717, 1.165) is 0 Å². The lowest BCUT2D eigenvalue weighted by Gasteiger charge is -2.33. The van der Waals surface area contributed by atoms with Crippen LogP contribution in [-0.2, 0) is 19.6 Å². The van der Waals surface area contributed by atoms with E-state index >= 15 is 0 Å². The van der Waals surface area contributed by atoms with Gasteiger partial charge in [-0.25, -0.2) is 8.42 Å². The Morgan fingerprint density at radius 1 is 1.31 bits per heavy atom. The van der Waals surface area contributed by atoms with E-state index in [1.807, 2.05) is 0 Å². The monoisotopic (exact) mass is 402 g/mol. The van der Waals surface area contributed by atoms with Crippen LogP contribution in [0.25, 0.3) is 0 Å². The molecule has 1 fully saturated rings. The van der Waals surface area contributed by atoms with Gasteiger partial charge in [-0.15, -0.1) is 0 Å². The number of rotatable bonds is 7. The van der Waals surface area contributed by atoms with Crippen LogP contribution >= 0.6 is 11.6 Å². The molecule has 1 saturated heterocycles. The van der Waals surface area contributed by atoms with Crippen LogP contribution in [-0.4, -0.2) is 61.3 Å². The number of carboxylic acids is 1. The second-order valence-electron chi connectivity index (χ2n) is 6.41. The summed E-state index contributed by atoms with van der Waals surface area (Å²) in [7, 11) is -2.05. The van der Waals surface area contributed by atoms with Crippen molar-refractivity contribution >= 4 is 33.5 Å². The highest BCUT2D eigenvalue weighted by atomic mass is 35.5. The number of halogens is 1. The number of hydrogen-bond acceptors (Lipinski definition) is 4. The van der Waals surface area contributed by atoms with Crippen LogP contribution in [0.4, 0.5) is 0 Å². The highest BCUT2D eigenvalue weighted by Gasteiger charge is 2.34. The minimum Gasteiger partial charge on any atom is -0.481 e. The third kappa shape index (κ3) is 5.18. The first-order chi connectivity index (χ1) is 12.2. The summed E-state index contributed by atoms with van der Waals surface area (Å²) in [6.07, 6.45) is 1.59. The van der Waals surface area contributed by atoms with Gasteiger partial charge in [0.05, 0.1) is 10.8 Å². The molecule has 1 heterocycles. The number of benzene rings is 1. The van der Waals surface area contributed by atoms with Crippen LogP contribution in [0.1, 0.15) is 25.7 Å². The van der Waals surface area contributed by atoms with E-state index in [0.29, 0.717) is 37.4 Å². The van der Waals surface area contributed by atoms with Crippen molar-refractivity contribution in [1.29, 1.82) is 0 Å². The molecule has 1 N–H and O–H groups in total. The van der Waals surface area contributed by atoms with Gasteiger partial charge in [-0.2, -0.15) is 4.31 Å². The normalized spacial score (nSPS) is 18.5. The minimum atomic E-state index is -3.67. The zero-order valence-electron chi connectivity index (χ0n) is 14.6. The highest BCUT2D eigenvalue weighted by molar-refractivity contribution is 7.89. The second kappa shape index (κ2) is 8.83. The van der Waals surface area contributed by atoms with Crippen molar-refractivity contribution < 1.29 is 23.1 Å². The molecule has 1 aromatic carbocycles. The Morgan fingerprint density at radius 3 is 2.58 bits per heavy atom. The van der Waals surface area contributed by atoms with Crippen LogP contribution in [0.3, 0.4) is 0 Å². The molecule has 0 radical (unpaired) electrons. The standard InChI is InChI=1S/C17H23ClN2O5S/c1-19(10-3-5-16(21)22)17(23)13-4-2-11-20(12-13)26(24,25)15-8-6-14(18)7-9-15/h6-9,13H,2-5,10-12H2,1H3,(H,21,22). The molecule has 1 aromatic rings. The molecule has 0 saturated carbocycles. The fourth-order valence-electron chi connectivity index (χ4n) is 3.01. The van der Waals surface area contributed by atoms with Gasteiger partial charge in [-0.05, 0) is 43.5 Å². The fraction of sp³-hybridized carbons (Fsp3) is 0.529. The molecule has 0 aliphatic carbocycles. The van der Waals surface area contributed by atoms with Crippen molar-refractivity contribution in [2.24, 2.45) is 5.92 Å². The predicted molar refractivity (Wildman–Crippen MR) is 97.4 cm³/mol. The summed E-state index contributed by atoms with van der Waals surface area (Å²) in [5, 5.41) is 9.14. The summed E-state index contributed by atoms with van der Waals surface area (Å²) in [5.74, 6) is -1.46. The van der Waals surface area contributed by atoms with Gasteiger partial charge < -0.3 is 10.0 Å². The molecule has 144 valence electrons. The van der Waals surface area contributed by atoms with Crippen molar-refractivity contribution in [2.75, 3.05) is 26.7 Å². The number of carboxylic acid groups (broad SMARTS) is 1. The zero-order chi connectivity index (χ0) is 19.3. The van der Waals surface area contributed by atoms with Gasteiger partial charge in [0.15, 0.2) is 0 Å². The topological polar surface area (TPSA) is 95.0 Å². The molecular weight excluding hydrogens is 380 g/mol. The maximum Gasteiger partial charge on any atom is 0.303 e. The minimum absolute atomic E-state index is 0.000637. The summed E-state index contributed by atoms with van der Waals surface area (Å²) >= 11 is 5.81. The smallest absolute Gasteiger partial charge is 0.303 e. The van der Waals surface area contributed by atoms with E-state index in [4.69, 9.17) is 16.7 Å². The SMILES string of the molecule is CN(CCCC(=O)O)C(=O)C1CCCN(S(=O)(=O)c2ccc(Cl)cc2)C1. The predicted octanol–water partition coefficient (Wildman–Crippen LogP) is 2.06. The zero-order valence-corrected chi connectivity index (χ0v) is 16.2. The third-order valence-electron chi connectivity index (χ3n) is 4.45. The summed E-state index contributed by atoms with van der Waals surface area (Å²) < 4.78 is 26.9. The number of carbonyl (C=O) groups is 2. The van der Waals surface area contributed by atoms with Gasteiger partial charge in [-0.1, -0.05) is 11.6 Å². The second-order valence-corrected chi connectivity index (χ2v) is 8.79. The van der Waals surface area contributed by atoms with E-state index in [-0.39, 0.29) is 23.8 Å². The van der Waals surface area contributed by atoms with Gasteiger partial charge in [0.25, 0.3) is 0 Å². The molecule has 26 heavy (non-hydrogen) atoms. The molecule has 1 aliphatic heterocycles. The molecule has 0 aromatic heterocycles. The summed E-state index contributed by atoms with van der Waals surface area (Å²) in [4.78, 5) is 24.8. The van der Waals surface area contributed by atoms with E-state index in [9.17, 15) is 18.0 Å². The third-order valence-corrected chi connectivity index (χ3v) is 6.58. The van der Waals surface area contributed by atoms with Crippen molar-refractivity contribution in [3.63, 3.8) is 0 Å². The van der Waals surface area contributed by atoms with E-state index in [2.05, 4.69) is 0 Å². The maximum atomic E-state index is 12.8. The van der Waals surface area contributed by atoms with Crippen molar-refractivity contribution in [1.82, 2.24) is 9.21 Å². The maximum absolute atomic E-state index is 12.8. The van der Waals surface area contributed by atoms with Crippen molar-refractivity contribution in [2.45, 2.75) is 30.6 Å². The number of aliphatic carboxylic acids is 1. The van der Waals surface area contributed by atoms with Crippen LogP contribution in [0.15, 0.2) is 29.2 Å². The van der Waals surface area contributed by atoms with Crippen molar-refractivity contribution in [3.8, 4) is 0 Å². The van der Waals surface area contributed by atoms with Crippen LogP contribution < -0.4 is 0 Å². The summed E-state index contributed by atoms with van der Waals surface area (Å²) in [6, 6.07) is 5.97. The first-order valence-corrected chi connectivity index (χ1v) is 10.3. The first kappa shape index (κ1) is 20.7. The molecule has 2 rings (SSSR count). The first-order valence-electron chi connectivity index (χ1n) is 8.44. The van der Waals surface area contributed by atoms with Gasteiger partial charge in [0, 0.05) is 38.1 Å². The Bertz CT molecular complexity index is 751. The molecule has 1 amide bonds. The number of sulfonamides is 1. The van der Waals surface area contributed by atoms with Crippen LogP contribution in [0, 0.1) is 5.92 Å². The Kier molecular flexibility index (Phi) is 7.02. The fourth-order valence-corrected chi connectivity index (χ4v) is 4.66. The molecule has 1 atom stereocenters. The molecule has 1 aliphatic rings. The van der Waals surface area contributed by atoms with E-state index < -0.39 is 21.9 Å². The molecular formula is C17H23ClN2O5S. The lowest BCUT2D eigenvalue weighted by Crippen LogP contribution is -2.46. The van der Waals surface area contributed by atoms with E-state index in [1.165, 1.54) is 33.5 Å². The van der Waals surface area contributed by atoms with Crippen LogP contribution in [0.5, 0.6) is 0 Å². The average Bonchev–Trinajstić information content (AvgIpc) is 2.61. The van der Waals surface area contributed by atoms with Gasteiger partial charge in [0.1, 0.15) is 0 Å². The Hall–Kier alpha value is -1.64. The largest absolute Gasteiger partial charge is 0.481 e. The Balaban J connectivity index is 2.02. The summed E-state index contributed by atoms with van der Waals surface area (Å²) in [5.41, 5.74) is 0. The molecule has 7 nitrogen and oxygen atoms in total. The lowest BCUT2D eigenvalue weighted by molar-refractivity contribution is -0.139. The lowest BCUT2D eigenvalue weighted by atomic mass is 9.98. The van der Waals surface area contributed by atoms with Crippen molar-refractivity contribution in [3.05, 3.63) is 29.3 Å². The van der Waals surface area contributed by atoms with Gasteiger partial charge in [0.2, 0.25) is 15.9 Å². The number of piperidine rings is 1. The van der Waals surface area contributed by atoms with Gasteiger partial charge >= 0.3 is 5.97 Å². The number of carbonyl (C=O) groups excluding carboxylic acids is 1. The average molecular weight is 403 g/mol. The Morgan fingerprint density at radius 2 is 1.96 bits per heavy atom. The number of hydrogen-bond donors (Lipinski definition) is 1. The Labute approximate surface area is 158 Å². The molecule has 9 heteroatoms.